The van der Waals surface area contributed by atoms with Crippen molar-refractivity contribution in [2.24, 2.45) is 0 Å². The quantitative estimate of drug-likeness (QED) is 0.719. The SMILES string of the molecule is O=C1Cc2ccc(CCCl)cc2N1. The van der Waals surface area contributed by atoms with Crippen LogP contribution in [-0.4, -0.2) is 11.8 Å². The maximum Gasteiger partial charge on any atom is 0.228 e. The Labute approximate surface area is 81.9 Å². The molecular formula is C10H10ClNO. The maximum absolute atomic E-state index is 11.0. The van der Waals surface area contributed by atoms with Crippen molar-refractivity contribution in [2.75, 3.05) is 11.2 Å². The molecule has 3 heteroatoms. The van der Waals surface area contributed by atoms with Gasteiger partial charge in [0.15, 0.2) is 0 Å². The number of halogens is 1. The van der Waals surface area contributed by atoms with Crippen LogP contribution in [0.4, 0.5) is 5.69 Å². The number of hydrogen-bond donors (Lipinski definition) is 1. The summed E-state index contributed by atoms with van der Waals surface area (Å²) >= 11 is 5.63. The highest BCUT2D eigenvalue weighted by Gasteiger charge is 2.16. The number of amides is 1. The monoisotopic (exact) mass is 195 g/mol. The Hall–Kier alpha value is -1.02. The molecule has 1 aliphatic heterocycles. The molecule has 13 heavy (non-hydrogen) atoms. The highest BCUT2D eigenvalue weighted by atomic mass is 35.5. The van der Waals surface area contributed by atoms with E-state index in [2.05, 4.69) is 5.32 Å². The van der Waals surface area contributed by atoms with Crippen molar-refractivity contribution in [2.45, 2.75) is 12.8 Å². The Bertz CT molecular complexity index is 349. The molecular weight excluding hydrogens is 186 g/mol. The predicted molar refractivity (Wildman–Crippen MR) is 53.2 cm³/mol. The maximum atomic E-state index is 11.0. The van der Waals surface area contributed by atoms with Crippen molar-refractivity contribution < 1.29 is 4.79 Å². The van der Waals surface area contributed by atoms with Gasteiger partial charge in [-0.2, -0.15) is 0 Å². The molecule has 0 aromatic heterocycles. The molecule has 1 N–H and O–H groups in total. The van der Waals surface area contributed by atoms with Crippen molar-refractivity contribution >= 4 is 23.2 Å². The lowest BCUT2D eigenvalue weighted by molar-refractivity contribution is -0.115. The van der Waals surface area contributed by atoms with Crippen LogP contribution in [-0.2, 0) is 17.6 Å². The lowest BCUT2D eigenvalue weighted by Crippen LogP contribution is -2.03. The number of fused-ring (bicyclic) bond motifs is 1. The van der Waals surface area contributed by atoms with Gasteiger partial charge in [-0.15, -0.1) is 11.6 Å². The third-order valence-corrected chi connectivity index (χ3v) is 2.37. The third-order valence-electron chi connectivity index (χ3n) is 2.18. The zero-order chi connectivity index (χ0) is 9.26. The molecule has 0 spiro atoms. The minimum atomic E-state index is 0.0815. The van der Waals surface area contributed by atoms with E-state index in [1.165, 1.54) is 5.56 Å². The topological polar surface area (TPSA) is 29.1 Å². The second kappa shape index (κ2) is 3.38. The van der Waals surface area contributed by atoms with Crippen LogP contribution in [0, 0.1) is 0 Å². The summed E-state index contributed by atoms with van der Waals surface area (Å²) in [6.07, 6.45) is 1.36. The summed E-state index contributed by atoms with van der Waals surface area (Å²) < 4.78 is 0. The number of rotatable bonds is 2. The predicted octanol–water partition coefficient (Wildman–Crippen LogP) is 1.96. The van der Waals surface area contributed by atoms with Crippen LogP contribution in [0.5, 0.6) is 0 Å². The lowest BCUT2D eigenvalue weighted by atomic mass is 10.1. The number of benzene rings is 1. The summed E-state index contributed by atoms with van der Waals surface area (Å²) in [4.78, 5) is 11.0. The zero-order valence-corrected chi connectivity index (χ0v) is 7.90. The highest BCUT2D eigenvalue weighted by molar-refractivity contribution is 6.18. The van der Waals surface area contributed by atoms with Crippen molar-refractivity contribution in [3.63, 3.8) is 0 Å². The average molecular weight is 196 g/mol. The molecule has 1 aromatic carbocycles. The van der Waals surface area contributed by atoms with E-state index in [1.807, 2.05) is 18.2 Å². The van der Waals surface area contributed by atoms with Gasteiger partial charge in [0.1, 0.15) is 0 Å². The van der Waals surface area contributed by atoms with E-state index < -0.39 is 0 Å². The van der Waals surface area contributed by atoms with E-state index in [-0.39, 0.29) is 5.91 Å². The fraction of sp³-hybridized carbons (Fsp3) is 0.300. The molecule has 2 rings (SSSR count). The van der Waals surface area contributed by atoms with E-state index >= 15 is 0 Å². The number of alkyl halides is 1. The zero-order valence-electron chi connectivity index (χ0n) is 7.14. The molecule has 0 fully saturated rings. The summed E-state index contributed by atoms with van der Waals surface area (Å²) in [6, 6.07) is 6.03. The van der Waals surface area contributed by atoms with Gasteiger partial charge in [-0.3, -0.25) is 4.79 Å². The van der Waals surface area contributed by atoms with Crippen LogP contribution in [0.2, 0.25) is 0 Å². The van der Waals surface area contributed by atoms with Gasteiger partial charge in [0, 0.05) is 11.6 Å². The number of aryl methyl sites for hydroxylation is 1. The summed E-state index contributed by atoms with van der Waals surface area (Å²) in [5.41, 5.74) is 3.21. The van der Waals surface area contributed by atoms with Gasteiger partial charge in [0.2, 0.25) is 5.91 Å². The van der Waals surface area contributed by atoms with Crippen LogP contribution in [0.15, 0.2) is 18.2 Å². The summed E-state index contributed by atoms with van der Waals surface area (Å²) in [5, 5.41) is 2.81. The van der Waals surface area contributed by atoms with Gasteiger partial charge < -0.3 is 5.32 Å². The summed E-state index contributed by atoms with van der Waals surface area (Å²) in [6.45, 7) is 0. The van der Waals surface area contributed by atoms with Crippen molar-refractivity contribution in [1.29, 1.82) is 0 Å². The summed E-state index contributed by atoms with van der Waals surface area (Å²) in [7, 11) is 0. The molecule has 0 aliphatic carbocycles. The van der Waals surface area contributed by atoms with Crippen LogP contribution in [0.25, 0.3) is 0 Å². The Balaban J connectivity index is 2.29. The molecule has 1 aromatic rings. The number of carbonyl (C=O) groups is 1. The first-order valence-electron chi connectivity index (χ1n) is 4.27. The first kappa shape index (κ1) is 8.57. The van der Waals surface area contributed by atoms with E-state index in [4.69, 9.17) is 11.6 Å². The van der Waals surface area contributed by atoms with Gasteiger partial charge in [-0.1, -0.05) is 12.1 Å². The molecule has 0 radical (unpaired) electrons. The molecule has 0 bridgehead atoms. The highest BCUT2D eigenvalue weighted by Crippen LogP contribution is 2.24. The minimum absolute atomic E-state index is 0.0815. The van der Waals surface area contributed by atoms with Crippen LogP contribution < -0.4 is 5.32 Å². The molecule has 0 unspecified atom stereocenters. The largest absolute Gasteiger partial charge is 0.326 e. The smallest absolute Gasteiger partial charge is 0.228 e. The Morgan fingerprint density at radius 2 is 2.31 bits per heavy atom. The number of carbonyl (C=O) groups excluding carboxylic acids is 1. The van der Waals surface area contributed by atoms with Crippen molar-refractivity contribution in [3.8, 4) is 0 Å². The number of nitrogens with one attached hydrogen (secondary N) is 1. The van der Waals surface area contributed by atoms with E-state index in [9.17, 15) is 4.79 Å². The van der Waals surface area contributed by atoms with Gasteiger partial charge >= 0.3 is 0 Å². The molecule has 0 saturated heterocycles. The summed E-state index contributed by atoms with van der Waals surface area (Å²) in [5.74, 6) is 0.699. The van der Waals surface area contributed by atoms with Crippen LogP contribution in [0.3, 0.4) is 0 Å². The average Bonchev–Trinajstić information content (AvgIpc) is 2.44. The minimum Gasteiger partial charge on any atom is -0.326 e. The lowest BCUT2D eigenvalue weighted by Gasteiger charge is -2.01. The first-order chi connectivity index (χ1) is 6.29. The molecule has 0 saturated carbocycles. The number of hydrogen-bond acceptors (Lipinski definition) is 1. The van der Waals surface area contributed by atoms with Gasteiger partial charge in [0.05, 0.1) is 6.42 Å². The fourth-order valence-corrected chi connectivity index (χ4v) is 1.74. The Morgan fingerprint density at radius 3 is 3.08 bits per heavy atom. The first-order valence-corrected chi connectivity index (χ1v) is 4.80. The number of anilines is 1. The molecule has 68 valence electrons. The van der Waals surface area contributed by atoms with Crippen LogP contribution >= 0.6 is 11.6 Å². The molecule has 1 heterocycles. The second-order valence-electron chi connectivity index (χ2n) is 3.16. The van der Waals surface area contributed by atoms with E-state index in [0.29, 0.717) is 12.3 Å². The fourth-order valence-electron chi connectivity index (χ4n) is 1.53. The molecule has 1 amide bonds. The second-order valence-corrected chi connectivity index (χ2v) is 3.53. The van der Waals surface area contributed by atoms with Gasteiger partial charge in [-0.25, -0.2) is 0 Å². The molecule has 1 aliphatic rings. The third kappa shape index (κ3) is 1.68. The van der Waals surface area contributed by atoms with Gasteiger partial charge in [0.25, 0.3) is 0 Å². The Morgan fingerprint density at radius 1 is 1.46 bits per heavy atom. The standard InChI is InChI=1S/C10H10ClNO/c11-4-3-7-1-2-8-6-10(13)12-9(8)5-7/h1-2,5H,3-4,6H2,(H,12,13). The van der Waals surface area contributed by atoms with E-state index in [1.54, 1.807) is 0 Å². The normalized spacial score (nSPS) is 14.1. The Kier molecular flexibility index (Phi) is 2.23. The van der Waals surface area contributed by atoms with Crippen molar-refractivity contribution in [1.82, 2.24) is 0 Å². The van der Waals surface area contributed by atoms with Crippen LogP contribution in [0.1, 0.15) is 11.1 Å². The molecule has 0 atom stereocenters. The van der Waals surface area contributed by atoms with Crippen molar-refractivity contribution in [3.05, 3.63) is 29.3 Å². The van der Waals surface area contributed by atoms with E-state index in [0.717, 1.165) is 17.7 Å². The van der Waals surface area contributed by atoms with Gasteiger partial charge in [-0.05, 0) is 23.6 Å². The molecule has 2 nitrogen and oxygen atoms in total.